The number of nitrogens with zero attached hydrogens (tertiary/aromatic N) is 3. The number of hydrogen-bond donors (Lipinski definition) is 2. The van der Waals surface area contributed by atoms with Crippen molar-refractivity contribution in [3.63, 3.8) is 0 Å². The second-order valence-electron chi connectivity index (χ2n) is 4.81. The number of amides is 1. The van der Waals surface area contributed by atoms with Crippen LogP contribution < -0.4 is 5.32 Å². The van der Waals surface area contributed by atoms with Crippen molar-refractivity contribution < 1.29 is 9.72 Å². The topological polar surface area (TPSA) is 114 Å². The van der Waals surface area contributed by atoms with Gasteiger partial charge in [0.15, 0.2) is 0 Å². The van der Waals surface area contributed by atoms with Gasteiger partial charge in [-0.05, 0) is 5.56 Å². The van der Waals surface area contributed by atoms with Crippen LogP contribution in [0.3, 0.4) is 0 Å². The Morgan fingerprint density at radius 1 is 1.38 bits per heavy atom. The Balaban J connectivity index is 1.95. The quantitative estimate of drug-likeness (QED) is 0.643. The molecule has 1 heterocycles. The molecule has 0 spiro atoms. The first-order valence-corrected chi connectivity index (χ1v) is 6.41. The smallest absolute Gasteiger partial charge is 0.291 e. The van der Waals surface area contributed by atoms with Gasteiger partial charge in [-0.25, -0.2) is 4.98 Å². The number of benzene rings is 1. The van der Waals surface area contributed by atoms with Crippen LogP contribution in [0, 0.1) is 10.1 Å². The average Bonchev–Trinajstić information content (AvgIpc) is 2.95. The fraction of sp³-hybridized carbons (Fsp3) is 0.308. The summed E-state index contributed by atoms with van der Waals surface area (Å²) in [5.41, 5.74) is 0.772. The molecule has 8 heteroatoms. The predicted molar refractivity (Wildman–Crippen MR) is 74.7 cm³/mol. The Kier molecular flexibility index (Phi) is 4.27. The van der Waals surface area contributed by atoms with E-state index in [1.165, 1.54) is 12.1 Å². The summed E-state index contributed by atoms with van der Waals surface area (Å²) in [5.74, 6) is 0.501. The van der Waals surface area contributed by atoms with E-state index in [0.29, 0.717) is 5.82 Å². The number of aromatic amines is 1. The Bertz CT molecular complexity index is 648. The van der Waals surface area contributed by atoms with E-state index in [1.54, 1.807) is 12.1 Å². The number of nitro groups is 1. The number of H-pyrrole nitrogens is 1. The standard InChI is InChI=1S/C13H15N5O3/c1-8(2)11-15-12(17-16-11)13(19)14-7-9-3-5-10(6-4-9)18(20)21/h3-6,8H,7H2,1-2H3,(H,14,19)(H,15,16,17). The van der Waals surface area contributed by atoms with Crippen molar-refractivity contribution in [2.24, 2.45) is 0 Å². The number of aromatic nitrogens is 3. The second kappa shape index (κ2) is 6.12. The highest BCUT2D eigenvalue weighted by Crippen LogP contribution is 2.12. The fourth-order valence-corrected chi connectivity index (χ4v) is 1.63. The minimum atomic E-state index is -0.469. The highest BCUT2D eigenvalue weighted by Gasteiger charge is 2.13. The fourth-order valence-electron chi connectivity index (χ4n) is 1.63. The van der Waals surface area contributed by atoms with Crippen LogP contribution in [0.5, 0.6) is 0 Å². The zero-order valence-corrected chi connectivity index (χ0v) is 11.7. The number of carbonyl (C=O) groups is 1. The van der Waals surface area contributed by atoms with Crippen molar-refractivity contribution in [3.05, 3.63) is 51.6 Å². The molecule has 0 radical (unpaired) electrons. The summed E-state index contributed by atoms with van der Waals surface area (Å²) in [6.45, 7) is 4.14. The summed E-state index contributed by atoms with van der Waals surface area (Å²) in [5, 5.41) is 19.8. The molecular formula is C13H15N5O3. The van der Waals surface area contributed by atoms with Crippen molar-refractivity contribution in [2.75, 3.05) is 0 Å². The lowest BCUT2D eigenvalue weighted by Crippen LogP contribution is -2.24. The average molecular weight is 289 g/mol. The Morgan fingerprint density at radius 2 is 2.05 bits per heavy atom. The van der Waals surface area contributed by atoms with Crippen LogP contribution in [0.2, 0.25) is 0 Å². The Morgan fingerprint density at radius 3 is 2.57 bits per heavy atom. The van der Waals surface area contributed by atoms with Crippen LogP contribution in [0.4, 0.5) is 5.69 Å². The summed E-state index contributed by atoms with van der Waals surface area (Å²) in [7, 11) is 0. The first-order chi connectivity index (χ1) is 9.97. The van der Waals surface area contributed by atoms with Crippen LogP contribution in [0.1, 0.15) is 41.8 Å². The largest absolute Gasteiger partial charge is 0.345 e. The minimum absolute atomic E-state index is 0.0145. The van der Waals surface area contributed by atoms with Crippen LogP contribution in [0.25, 0.3) is 0 Å². The minimum Gasteiger partial charge on any atom is -0.345 e. The van der Waals surface area contributed by atoms with Crippen molar-refractivity contribution in [2.45, 2.75) is 26.3 Å². The van der Waals surface area contributed by atoms with Crippen molar-refractivity contribution in [1.29, 1.82) is 0 Å². The van der Waals surface area contributed by atoms with Crippen molar-refractivity contribution in [1.82, 2.24) is 20.5 Å². The first kappa shape index (κ1) is 14.6. The molecule has 0 saturated carbocycles. The van der Waals surface area contributed by atoms with Gasteiger partial charge in [-0.1, -0.05) is 26.0 Å². The summed E-state index contributed by atoms with van der Waals surface area (Å²) >= 11 is 0. The van der Waals surface area contributed by atoms with Gasteiger partial charge in [0.2, 0.25) is 5.82 Å². The van der Waals surface area contributed by atoms with E-state index in [4.69, 9.17) is 0 Å². The third-order valence-corrected chi connectivity index (χ3v) is 2.85. The molecule has 0 aliphatic rings. The van der Waals surface area contributed by atoms with Gasteiger partial charge in [0.05, 0.1) is 4.92 Å². The van der Waals surface area contributed by atoms with Gasteiger partial charge in [-0.15, -0.1) is 5.10 Å². The van der Waals surface area contributed by atoms with Gasteiger partial charge in [0.1, 0.15) is 5.82 Å². The number of non-ortho nitro benzene ring substituents is 1. The molecule has 0 saturated heterocycles. The van der Waals surface area contributed by atoms with E-state index in [9.17, 15) is 14.9 Å². The van der Waals surface area contributed by atoms with Crippen LogP contribution in [0.15, 0.2) is 24.3 Å². The maximum atomic E-state index is 11.9. The summed E-state index contributed by atoms with van der Waals surface area (Å²) < 4.78 is 0. The molecule has 1 amide bonds. The molecule has 2 aromatic rings. The van der Waals surface area contributed by atoms with Crippen molar-refractivity contribution >= 4 is 11.6 Å². The molecule has 0 fully saturated rings. The molecule has 1 aromatic heterocycles. The maximum absolute atomic E-state index is 11.9. The molecule has 0 unspecified atom stereocenters. The van der Waals surface area contributed by atoms with Gasteiger partial charge in [0, 0.05) is 24.6 Å². The molecule has 1 aromatic carbocycles. The number of nitrogens with one attached hydrogen (secondary N) is 2. The summed E-state index contributed by atoms with van der Waals surface area (Å²) in [4.78, 5) is 26.0. The van der Waals surface area contributed by atoms with Gasteiger partial charge in [-0.3, -0.25) is 20.0 Å². The van der Waals surface area contributed by atoms with E-state index in [-0.39, 0.29) is 24.0 Å². The number of carbonyl (C=O) groups excluding carboxylic acids is 1. The number of nitro benzene ring substituents is 1. The highest BCUT2D eigenvalue weighted by atomic mass is 16.6. The molecule has 0 atom stereocenters. The highest BCUT2D eigenvalue weighted by molar-refractivity contribution is 5.90. The molecule has 8 nitrogen and oxygen atoms in total. The van der Waals surface area contributed by atoms with E-state index in [1.807, 2.05) is 13.8 Å². The molecular weight excluding hydrogens is 274 g/mol. The van der Waals surface area contributed by atoms with Crippen LogP contribution in [-0.4, -0.2) is 26.0 Å². The van der Waals surface area contributed by atoms with E-state index < -0.39 is 10.8 Å². The van der Waals surface area contributed by atoms with Crippen molar-refractivity contribution in [3.8, 4) is 0 Å². The lowest BCUT2D eigenvalue weighted by atomic mass is 10.2. The molecule has 0 bridgehead atoms. The van der Waals surface area contributed by atoms with Crippen LogP contribution >= 0.6 is 0 Å². The van der Waals surface area contributed by atoms with E-state index in [0.717, 1.165) is 5.56 Å². The predicted octanol–water partition coefficient (Wildman–Crippen LogP) is 1.77. The lowest BCUT2D eigenvalue weighted by Gasteiger charge is -2.02. The number of rotatable bonds is 5. The Labute approximate surface area is 120 Å². The number of hydrogen-bond acceptors (Lipinski definition) is 5. The molecule has 21 heavy (non-hydrogen) atoms. The Hall–Kier alpha value is -2.77. The molecule has 0 aliphatic carbocycles. The molecule has 2 rings (SSSR count). The molecule has 2 N–H and O–H groups in total. The third-order valence-electron chi connectivity index (χ3n) is 2.85. The monoisotopic (exact) mass is 289 g/mol. The lowest BCUT2D eigenvalue weighted by molar-refractivity contribution is -0.384. The molecule has 0 aliphatic heterocycles. The third kappa shape index (κ3) is 3.62. The van der Waals surface area contributed by atoms with Gasteiger partial charge >= 0.3 is 0 Å². The van der Waals surface area contributed by atoms with Gasteiger partial charge < -0.3 is 5.32 Å². The second-order valence-corrected chi connectivity index (χ2v) is 4.81. The maximum Gasteiger partial charge on any atom is 0.291 e. The normalized spacial score (nSPS) is 10.6. The first-order valence-electron chi connectivity index (χ1n) is 6.41. The molecule has 110 valence electrons. The van der Waals surface area contributed by atoms with Crippen LogP contribution in [-0.2, 0) is 6.54 Å². The zero-order chi connectivity index (χ0) is 15.4. The zero-order valence-electron chi connectivity index (χ0n) is 11.7. The summed E-state index contributed by atoms with van der Waals surface area (Å²) in [6.07, 6.45) is 0. The van der Waals surface area contributed by atoms with Gasteiger partial charge in [0.25, 0.3) is 11.6 Å². The summed E-state index contributed by atoms with van der Waals surface area (Å²) in [6, 6.07) is 5.97. The SMILES string of the molecule is CC(C)c1nc(C(=O)NCc2ccc([N+](=O)[O-])cc2)n[nH]1. The van der Waals surface area contributed by atoms with E-state index >= 15 is 0 Å². The van der Waals surface area contributed by atoms with Gasteiger partial charge in [-0.2, -0.15) is 0 Å². The van der Waals surface area contributed by atoms with E-state index in [2.05, 4.69) is 20.5 Å².